The number of aryl methyl sites for hydroxylation is 1. The number of sulfone groups is 1. The van der Waals surface area contributed by atoms with Gasteiger partial charge in [0.25, 0.3) is 5.91 Å². The molecule has 1 amide bonds. The van der Waals surface area contributed by atoms with Gasteiger partial charge in [0.2, 0.25) is 19.9 Å². The van der Waals surface area contributed by atoms with Crippen LogP contribution < -0.4 is 0 Å². The number of benzene rings is 2. The number of carbonyl (C=O) groups excluding carboxylic acids is 1. The Hall–Kier alpha value is -2.37. The summed E-state index contributed by atoms with van der Waals surface area (Å²) in [4.78, 5) is 13.7. The monoisotopic (exact) mass is 458 g/mol. The van der Waals surface area contributed by atoms with Crippen LogP contribution in [0.3, 0.4) is 0 Å². The number of hydrogen-bond acceptors (Lipinski definition) is 5. The highest BCUT2D eigenvalue weighted by molar-refractivity contribution is 7.91. The molecule has 0 radical (unpaired) electrons. The second-order valence-corrected chi connectivity index (χ2v) is 10.7. The fourth-order valence-corrected chi connectivity index (χ4v) is 5.21. The lowest BCUT2D eigenvalue weighted by atomic mass is 10.2. The molecule has 0 unspecified atom stereocenters. The third kappa shape index (κ3) is 4.37. The fourth-order valence-electron chi connectivity index (χ4n) is 3.06. The number of halogens is 2. The zero-order valence-corrected chi connectivity index (χ0v) is 17.7. The van der Waals surface area contributed by atoms with Crippen LogP contribution in [0.2, 0.25) is 0 Å². The van der Waals surface area contributed by atoms with Crippen LogP contribution in [0, 0.1) is 6.92 Å². The number of hydrogen-bond donors (Lipinski definition) is 0. The summed E-state index contributed by atoms with van der Waals surface area (Å²) in [7, 11) is -8.39. The number of sulfonamides is 1. The molecule has 2 aromatic rings. The van der Waals surface area contributed by atoms with E-state index < -0.39 is 36.4 Å². The van der Waals surface area contributed by atoms with Crippen molar-refractivity contribution in [1.82, 2.24) is 9.21 Å². The summed E-state index contributed by atoms with van der Waals surface area (Å²) in [6.45, 7) is 2.39. The molecule has 30 heavy (non-hydrogen) atoms. The third-order valence-electron chi connectivity index (χ3n) is 4.85. The van der Waals surface area contributed by atoms with Crippen LogP contribution in [0.1, 0.15) is 15.9 Å². The van der Waals surface area contributed by atoms with Crippen molar-refractivity contribution in [3.8, 4) is 0 Å². The molecular formula is C19H20F2N2O5S2. The van der Waals surface area contributed by atoms with E-state index in [0.717, 1.165) is 17.7 Å². The van der Waals surface area contributed by atoms with Crippen LogP contribution in [-0.2, 0) is 19.9 Å². The van der Waals surface area contributed by atoms with Gasteiger partial charge in [0.15, 0.2) is 0 Å². The van der Waals surface area contributed by atoms with Crippen molar-refractivity contribution >= 4 is 25.8 Å². The Balaban J connectivity index is 1.67. The molecule has 1 fully saturated rings. The second-order valence-electron chi connectivity index (χ2n) is 6.84. The van der Waals surface area contributed by atoms with E-state index in [1.165, 1.54) is 33.5 Å². The number of amides is 1. The fraction of sp³-hybridized carbons (Fsp3) is 0.316. The Morgan fingerprint density at radius 3 is 1.83 bits per heavy atom. The van der Waals surface area contributed by atoms with Crippen LogP contribution in [0.4, 0.5) is 8.78 Å². The molecule has 0 saturated carbocycles. The predicted molar refractivity (Wildman–Crippen MR) is 105 cm³/mol. The molecule has 0 bridgehead atoms. The molecule has 1 saturated heterocycles. The maximum Gasteiger partial charge on any atom is 0.341 e. The van der Waals surface area contributed by atoms with Crippen LogP contribution in [0.5, 0.6) is 0 Å². The summed E-state index contributed by atoms with van der Waals surface area (Å²) in [5.41, 5.74) is 1.08. The van der Waals surface area contributed by atoms with Gasteiger partial charge in [-0.25, -0.2) is 16.8 Å². The molecule has 7 nitrogen and oxygen atoms in total. The Kier molecular flexibility index (Phi) is 6.25. The predicted octanol–water partition coefficient (Wildman–Crippen LogP) is 2.14. The highest BCUT2D eigenvalue weighted by Crippen LogP contribution is 2.21. The van der Waals surface area contributed by atoms with E-state index in [-0.39, 0.29) is 36.6 Å². The minimum Gasteiger partial charge on any atom is -0.336 e. The lowest BCUT2D eigenvalue weighted by Crippen LogP contribution is -2.50. The molecule has 0 aromatic heterocycles. The van der Waals surface area contributed by atoms with Gasteiger partial charge in [0, 0.05) is 31.7 Å². The maximum atomic E-state index is 12.7. The van der Waals surface area contributed by atoms with Crippen LogP contribution in [0.15, 0.2) is 58.3 Å². The summed E-state index contributed by atoms with van der Waals surface area (Å²) in [5, 5.41) is 0. The molecular weight excluding hydrogens is 438 g/mol. The van der Waals surface area contributed by atoms with E-state index >= 15 is 0 Å². The molecule has 1 aliphatic rings. The summed E-state index contributed by atoms with van der Waals surface area (Å²) in [6, 6.07) is 10.8. The second kappa shape index (κ2) is 8.40. The summed E-state index contributed by atoms with van der Waals surface area (Å²) < 4.78 is 74.9. The first-order chi connectivity index (χ1) is 14.0. The van der Waals surface area contributed by atoms with Gasteiger partial charge >= 0.3 is 5.76 Å². The van der Waals surface area contributed by atoms with E-state index in [2.05, 4.69) is 0 Å². The van der Waals surface area contributed by atoms with Crippen molar-refractivity contribution < 1.29 is 30.4 Å². The molecule has 1 heterocycles. The van der Waals surface area contributed by atoms with Crippen molar-refractivity contribution in [2.75, 3.05) is 26.2 Å². The standard InChI is InChI=1S/C19H20F2N2O5S2/c1-14-2-6-17(7-3-14)30(27,28)23-12-10-22(11-13-23)18(24)15-4-8-16(9-5-15)29(25,26)19(20)21/h2-9,19H,10-13H2,1H3. The van der Waals surface area contributed by atoms with E-state index in [1.54, 1.807) is 12.1 Å². The molecule has 0 aliphatic carbocycles. The Morgan fingerprint density at radius 2 is 1.33 bits per heavy atom. The van der Waals surface area contributed by atoms with Crippen molar-refractivity contribution in [2.24, 2.45) is 0 Å². The molecule has 0 spiro atoms. The highest BCUT2D eigenvalue weighted by Gasteiger charge is 2.31. The Morgan fingerprint density at radius 1 is 0.833 bits per heavy atom. The van der Waals surface area contributed by atoms with E-state index in [9.17, 15) is 30.4 Å². The first kappa shape index (κ1) is 22.3. The average Bonchev–Trinajstić information content (AvgIpc) is 2.73. The number of nitrogens with zero attached hydrogens (tertiary/aromatic N) is 2. The van der Waals surface area contributed by atoms with Gasteiger partial charge in [-0.3, -0.25) is 4.79 Å². The number of carbonyl (C=O) groups is 1. The number of alkyl halides is 2. The Labute approximate surface area is 173 Å². The lowest BCUT2D eigenvalue weighted by molar-refractivity contribution is 0.0698. The van der Waals surface area contributed by atoms with E-state index in [0.29, 0.717) is 0 Å². The first-order valence-corrected chi connectivity index (χ1v) is 12.0. The topological polar surface area (TPSA) is 91.8 Å². The average molecular weight is 459 g/mol. The molecule has 3 rings (SSSR count). The molecule has 2 aromatic carbocycles. The molecule has 1 aliphatic heterocycles. The summed E-state index contributed by atoms with van der Waals surface area (Å²) >= 11 is 0. The van der Waals surface area contributed by atoms with Gasteiger partial charge in [-0.2, -0.15) is 13.1 Å². The van der Waals surface area contributed by atoms with Crippen LogP contribution in [0.25, 0.3) is 0 Å². The lowest BCUT2D eigenvalue weighted by Gasteiger charge is -2.34. The smallest absolute Gasteiger partial charge is 0.336 e. The van der Waals surface area contributed by atoms with Gasteiger partial charge < -0.3 is 4.90 Å². The molecule has 162 valence electrons. The van der Waals surface area contributed by atoms with Crippen molar-refractivity contribution in [2.45, 2.75) is 22.5 Å². The van der Waals surface area contributed by atoms with Gasteiger partial charge in [-0.15, -0.1) is 0 Å². The van der Waals surface area contributed by atoms with Gasteiger partial charge in [0.05, 0.1) is 9.79 Å². The minimum atomic E-state index is -4.73. The van der Waals surface area contributed by atoms with Crippen LogP contribution in [-0.4, -0.2) is 63.9 Å². The summed E-state index contributed by atoms with van der Waals surface area (Å²) in [6.07, 6.45) is 0. The highest BCUT2D eigenvalue weighted by atomic mass is 32.2. The zero-order chi connectivity index (χ0) is 22.1. The zero-order valence-electron chi connectivity index (χ0n) is 16.0. The Bertz CT molecular complexity index is 1120. The third-order valence-corrected chi connectivity index (χ3v) is 8.16. The van der Waals surface area contributed by atoms with E-state index in [1.807, 2.05) is 6.92 Å². The maximum absolute atomic E-state index is 12.7. The van der Waals surface area contributed by atoms with Crippen molar-refractivity contribution in [1.29, 1.82) is 0 Å². The molecule has 0 atom stereocenters. The first-order valence-electron chi connectivity index (χ1n) is 9.02. The largest absolute Gasteiger partial charge is 0.341 e. The summed E-state index contributed by atoms with van der Waals surface area (Å²) in [5.74, 6) is -3.97. The van der Waals surface area contributed by atoms with Crippen molar-refractivity contribution in [3.05, 3.63) is 59.7 Å². The number of piperazine rings is 1. The number of rotatable bonds is 5. The quantitative estimate of drug-likeness (QED) is 0.685. The SMILES string of the molecule is Cc1ccc(S(=O)(=O)N2CCN(C(=O)c3ccc(S(=O)(=O)C(F)F)cc3)CC2)cc1. The van der Waals surface area contributed by atoms with Gasteiger partial charge in [-0.05, 0) is 43.3 Å². The molecule has 11 heteroatoms. The van der Waals surface area contributed by atoms with E-state index in [4.69, 9.17) is 0 Å². The normalized spacial score (nSPS) is 16.1. The van der Waals surface area contributed by atoms with Crippen molar-refractivity contribution in [3.63, 3.8) is 0 Å². The minimum absolute atomic E-state index is 0.111. The molecule has 0 N–H and O–H groups in total. The van der Waals surface area contributed by atoms with Gasteiger partial charge in [0.1, 0.15) is 0 Å². The van der Waals surface area contributed by atoms with Gasteiger partial charge in [-0.1, -0.05) is 17.7 Å². The van der Waals surface area contributed by atoms with Crippen LogP contribution >= 0.6 is 0 Å².